The highest BCUT2D eigenvalue weighted by molar-refractivity contribution is 5.85. The molecule has 0 spiro atoms. The van der Waals surface area contributed by atoms with E-state index in [0.717, 1.165) is 11.7 Å². The molecule has 0 amide bonds. The van der Waals surface area contributed by atoms with E-state index >= 15 is 0 Å². The first-order valence-corrected chi connectivity index (χ1v) is 6.16. The quantitative estimate of drug-likeness (QED) is 0.901. The van der Waals surface area contributed by atoms with Crippen LogP contribution in [0, 0.1) is 5.92 Å². The Kier molecular flexibility index (Phi) is 5.79. The van der Waals surface area contributed by atoms with Gasteiger partial charge in [-0.05, 0) is 55.7 Å². The van der Waals surface area contributed by atoms with Crippen LogP contribution in [-0.2, 0) is 6.42 Å². The van der Waals surface area contributed by atoms with Crippen molar-refractivity contribution in [3.05, 3.63) is 29.8 Å². The van der Waals surface area contributed by atoms with E-state index in [9.17, 15) is 0 Å². The third-order valence-corrected chi connectivity index (χ3v) is 3.57. The molecule has 0 saturated heterocycles. The van der Waals surface area contributed by atoms with Gasteiger partial charge in [0.25, 0.3) is 0 Å². The first kappa shape index (κ1) is 14.3. The average molecular weight is 256 g/mol. The maximum absolute atomic E-state index is 5.91. The van der Waals surface area contributed by atoms with E-state index in [1.54, 1.807) is 7.11 Å². The van der Waals surface area contributed by atoms with Crippen LogP contribution in [-0.4, -0.2) is 13.2 Å². The van der Waals surface area contributed by atoms with Gasteiger partial charge in [0.15, 0.2) is 0 Å². The molecule has 1 aliphatic rings. The number of rotatable bonds is 3. The van der Waals surface area contributed by atoms with E-state index < -0.39 is 0 Å². The zero-order chi connectivity index (χ0) is 11.4. The lowest BCUT2D eigenvalue weighted by molar-refractivity contribution is 0.325. The van der Waals surface area contributed by atoms with E-state index in [0.29, 0.717) is 6.04 Å². The summed E-state index contributed by atoms with van der Waals surface area (Å²) in [4.78, 5) is 0. The van der Waals surface area contributed by atoms with E-state index in [-0.39, 0.29) is 12.4 Å². The summed E-state index contributed by atoms with van der Waals surface area (Å²) in [7, 11) is 1.71. The van der Waals surface area contributed by atoms with E-state index in [1.807, 2.05) is 12.1 Å². The molecule has 1 saturated carbocycles. The van der Waals surface area contributed by atoms with E-state index in [2.05, 4.69) is 12.1 Å². The van der Waals surface area contributed by atoms with Crippen LogP contribution in [0.3, 0.4) is 0 Å². The Morgan fingerprint density at radius 3 is 2.24 bits per heavy atom. The summed E-state index contributed by atoms with van der Waals surface area (Å²) in [6.45, 7) is 0. The van der Waals surface area contributed by atoms with E-state index in [4.69, 9.17) is 10.5 Å². The molecule has 1 aromatic rings. The number of hydrogen-bond donors (Lipinski definition) is 1. The molecule has 1 aromatic carbocycles. The van der Waals surface area contributed by atoms with Crippen molar-refractivity contribution >= 4 is 12.4 Å². The fourth-order valence-corrected chi connectivity index (χ4v) is 2.49. The molecule has 0 heterocycles. The lowest BCUT2D eigenvalue weighted by atomic mass is 9.83. The molecule has 0 radical (unpaired) electrons. The van der Waals surface area contributed by atoms with Crippen LogP contribution in [0.2, 0.25) is 0 Å². The van der Waals surface area contributed by atoms with Gasteiger partial charge in [0.05, 0.1) is 7.11 Å². The van der Waals surface area contributed by atoms with Crippen molar-refractivity contribution in [2.24, 2.45) is 11.7 Å². The van der Waals surface area contributed by atoms with Gasteiger partial charge < -0.3 is 10.5 Å². The zero-order valence-corrected chi connectivity index (χ0v) is 11.2. The fourth-order valence-electron chi connectivity index (χ4n) is 2.49. The van der Waals surface area contributed by atoms with Crippen LogP contribution in [0.4, 0.5) is 0 Å². The maximum atomic E-state index is 5.91. The zero-order valence-electron chi connectivity index (χ0n) is 10.4. The topological polar surface area (TPSA) is 35.2 Å². The van der Waals surface area contributed by atoms with Crippen molar-refractivity contribution in [3.63, 3.8) is 0 Å². The Bertz CT molecular complexity index is 317. The van der Waals surface area contributed by atoms with Gasteiger partial charge in [0, 0.05) is 6.04 Å². The molecule has 2 rings (SSSR count). The first-order valence-electron chi connectivity index (χ1n) is 6.16. The van der Waals surface area contributed by atoms with Gasteiger partial charge >= 0.3 is 0 Å². The van der Waals surface area contributed by atoms with Crippen molar-refractivity contribution in [2.45, 2.75) is 38.1 Å². The van der Waals surface area contributed by atoms with Crippen LogP contribution in [0.15, 0.2) is 24.3 Å². The molecule has 17 heavy (non-hydrogen) atoms. The van der Waals surface area contributed by atoms with Crippen LogP contribution < -0.4 is 10.5 Å². The van der Waals surface area contributed by atoms with Crippen molar-refractivity contribution in [1.29, 1.82) is 0 Å². The highest BCUT2D eigenvalue weighted by Gasteiger charge is 2.18. The standard InChI is InChI=1S/C14H21NO.ClH/c1-16-14-8-4-12(5-9-14)10-11-2-6-13(15)7-3-11;/h4-5,8-9,11,13H,2-3,6-7,10,15H2,1H3;1H. The van der Waals surface area contributed by atoms with Crippen molar-refractivity contribution in [3.8, 4) is 5.75 Å². The molecular formula is C14H22ClNO. The van der Waals surface area contributed by atoms with Gasteiger partial charge in [-0.25, -0.2) is 0 Å². The number of benzene rings is 1. The smallest absolute Gasteiger partial charge is 0.118 e. The Labute approximate surface area is 110 Å². The SMILES string of the molecule is COc1ccc(CC2CCC(N)CC2)cc1.Cl. The Balaban J connectivity index is 0.00000144. The molecule has 2 nitrogen and oxygen atoms in total. The molecule has 0 unspecified atom stereocenters. The monoisotopic (exact) mass is 255 g/mol. The van der Waals surface area contributed by atoms with Crippen LogP contribution in [0.5, 0.6) is 5.75 Å². The molecule has 0 aromatic heterocycles. The lowest BCUT2D eigenvalue weighted by Gasteiger charge is -2.26. The van der Waals surface area contributed by atoms with Gasteiger partial charge in [-0.1, -0.05) is 12.1 Å². The number of hydrogen-bond acceptors (Lipinski definition) is 2. The van der Waals surface area contributed by atoms with Crippen molar-refractivity contribution < 1.29 is 4.74 Å². The summed E-state index contributed by atoms with van der Waals surface area (Å²) < 4.78 is 5.16. The molecule has 1 fully saturated rings. The minimum absolute atomic E-state index is 0. The summed E-state index contributed by atoms with van der Waals surface area (Å²) in [5.74, 6) is 1.77. The fraction of sp³-hybridized carbons (Fsp3) is 0.571. The normalized spacial score (nSPS) is 23.9. The third kappa shape index (κ3) is 4.21. The third-order valence-electron chi connectivity index (χ3n) is 3.57. The second-order valence-corrected chi connectivity index (χ2v) is 4.83. The summed E-state index contributed by atoms with van der Waals surface area (Å²) >= 11 is 0. The number of halogens is 1. The predicted molar refractivity (Wildman–Crippen MR) is 73.9 cm³/mol. The van der Waals surface area contributed by atoms with Crippen LogP contribution in [0.1, 0.15) is 31.2 Å². The highest BCUT2D eigenvalue weighted by Crippen LogP contribution is 2.26. The van der Waals surface area contributed by atoms with Gasteiger partial charge in [0.2, 0.25) is 0 Å². The summed E-state index contributed by atoms with van der Waals surface area (Å²) in [6.07, 6.45) is 6.15. The first-order chi connectivity index (χ1) is 7.78. The molecule has 0 aliphatic heterocycles. The lowest BCUT2D eigenvalue weighted by Crippen LogP contribution is -2.27. The van der Waals surface area contributed by atoms with Gasteiger partial charge in [0.1, 0.15) is 5.75 Å². The second-order valence-electron chi connectivity index (χ2n) is 4.83. The molecule has 3 heteroatoms. The van der Waals surface area contributed by atoms with Gasteiger partial charge in [-0.2, -0.15) is 0 Å². The average Bonchev–Trinajstić information content (AvgIpc) is 2.33. The molecule has 2 N–H and O–H groups in total. The van der Waals surface area contributed by atoms with Crippen molar-refractivity contribution in [2.75, 3.05) is 7.11 Å². The summed E-state index contributed by atoms with van der Waals surface area (Å²) in [5.41, 5.74) is 7.33. The summed E-state index contributed by atoms with van der Waals surface area (Å²) in [6, 6.07) is 8.89. The molecule has 0 bridgehead atoms. The molecule has 0 atom stereocenters. The van der Waals surface area contributed by atoms with Crippen LogP contribution in [0.25, 0.3) is 0 Å². The number of ether oxygens (including phenoxy) is 1. The summed E-state index contributed by atoms with van der Waals surface area (Å²) in [5, 5.41) is 0. The van der Waals surface area contributed by atoms with Gasteiger partial charge in [-0.3, -0.25) is 0 Å². The predicted octanol–water partition coefficient (Wildman–Crippen LogP) is 3.18. The highest BCUT2D eigenvalue weighted by atomic mass is 35.5. The number of nitrogens with two attached hydrogens (primary N) is 1. The van der Waals surface area contributed by atoms with Crippen molar-refractivity contribution in [1.82, 2.24) is 0 Å². The Morgan fingerprint density at radius 2 is 1.71 bits per heavy atom. The molecule has 1 aliphatic carbocycles. The molecular weight excluding hydrogens is 234 g/mol. The minimum Gasteiger partial charge on any atom is -0.497 e. The second kappa shape index (κ2) is 6.87. The number of methoxy groups -OCH3 is 1. The minimum atomic E-state index is 0. The Morgan fingerprint density at radius 1 is 1.12 bits per heavy atom. The van der Waals surface area contributed by atoms with Gasteiger partial charge in [-0.15, -0.1) is 12.4 Å². The van der Waals surface area contributed by atoms with Crippen LogP contribution >= 0.6 is 12.4 Å². The largest absolute Gasteiger partial charge is 0.497 e. The molecule has 96 valence electrons. The maximum Gasteiger partial charge on any atom is 0.118 e. The Hall–Kier alpha value is -0.730. The van der Waals surface area contributed by atoms with E-state index in [1.165, 1.54) is 37.7 Å².